The van der Waals surface area contributed by atoms with Gasteiger partial charge in [0.2, 0.25) is 0 Å². The lowest BCUT2D eigenvalue weighted by atomic mass is 9.87. The van der Waals surface area contributed by atoms with Crippen LogP contribution in [0.5, 0.6) is 5.75 Å². The van der Waals surface area contributed by atoms with Crippen molar-refractivity contribution in [2.24, 2.45) is 0 Å². The van der Waals surface area contributed by atoms with Gasteiger partial charge in [-0.25, -0.2) is 4.79 Å². The molecule has 116 valence electrons. The van der Waals surface area contributed by atoms with Crippen LogP contribution < -0.4 is 4.74 Å². The highest BCUT2D eigenvalue weighted by Crippen LogP contribution is 2.32. The van der Waals surface area contributed by atoms with Crippen LogP contribution in [0.4, 0.5) is 4.79 Å². The van der Waals surface area contributed by atoms with Gasteiger partial charge in [-0.3, -0.25) is 0 Å². The van der Waals surface area contributed by atoms with E-state index in [0.717, 1.165) is 31.7 Å². The minimum Gasteiger partial charge on any atom is -0.491 e. The fraction of sp³-hybridized carbons (Fsp3) is 0.588. The maximum atomic E-state index is 11.5. The van der Waals surface area contributed by atoms with Crippen molar-refractivity contribution in [3.05, 3.63) is 29.3 Å². The minimum atomic E-state index is -0.220. The standard InChI is InChI=1S/C17H25NO3/c1-12(2)21-15-6-5-13(3)16(11-15)14-7-9-18(10-8-14)17(19)20-4/h5-6,11-12,14H,7-10H2,1-4H3. The molecule has 1 aromatic carbocycles. The van der Waals surface area contributed by atoms with Gasteiger partial charge >= 0.3 is 6.09 Å². The summed E-state index contributed by atoms with van der Waals surface area (Å²) in [5.74, 6) is 1.42. The summed E-state index contributed by atoms with van der Waals surface area (Å²) in [4.78, 5) is 13.3. The molecule has 0 atom stereocenters. The molecule has 0 radical (unpaired) electrons. The van der Waals surface area contributed by atoms with E-state index >= 15 is 0 Å². The Balaban J connectivity index is 2.07. The predicted octanol–water partition coefficient (Wildman–Crippen LogP) is 3.73. The van der Waals surface area contributed by atoms with Crippen molar-refractivity contribution >= 4 is 6.09 Å². The van der Waals surface area contributed by atoms with E-state index in [9.17, 15) is 4.79 Å². The number of likely N-dealkylation sites (tertiary alicyclic amines) is 1. The van der Waals surface area contributed by atoms with Crippen molar-refractivity contribution in [3.8, 4) is 5.75 Å². The van der Waals surface area contributed by atoms with Crippen molar-refractivity contribution in [2.75, 3.05) is 20.2 Å². The lowest BCUT2D eigenvalue weighted by Crippen LogP contribution is -2.37. The van der Waals surface area contributed by atoms with Crippen LogP contribution in [0.1, 0.15) is 43.7 Å². The fourth-order valence-corrected chi connectivity index (χ4v) is 2.91. The molecule has 0 N–H and O–H groups in total. The number of ether oxygens (including phenoxy) is 2. The van der Waals surface area contributed by atoms with E-state index in [2.05, 4.69) is 19.1 Å². The quantitative estimate of drug-likeness (QED) is 0.851. The second-order valence-electron chi connectivity index (χ2n) is 5.92. The predicted molar refractivity (Wildman–Crippen MR) is 82.9 cm³/mol. The molecule has 4 nitrogen and oxygen atoms in total. The van der Waals surface area contributed by atoms with Crippen LogP contribution in [-0.2, 0) is 4.74 Å². The van der Waals surface area contributed by atoms with E-state index in [1.54, 1.807) is 4.90 Å². The number of piperidine rings is 1. The summed E-state index contributed by atoms with van der Waals surface area (Å²) < 4.78 is 10.6. The zero-order chi connectivity index (χ0) is 15.4. The first kappa shape index (κ1) is 15.7. The third-order valence-electron chi connectivity index (χ3n) is 3.99. The van der Waals surface area contributed by atoms with Gasteiger partial charge in [-0.1, -0.05) is 6.07 Å². The molecule has 1 saturated heterocycles. The van der Waals surface area contributed by atoms with Gasteiger partial charge in [-0.05, 0) is 62.8 Å². The molecule has 1 aliphatic heterocycles. The second kappa shape index (κ2) is 6.83. The Hall–Kier alpha value is -1.71. The van der Waals surface area contributed by atoms with Crippen molar-refractivity contribution in [1.29, 1.82) is 0 Å². The highest BCUT2D eigenvalue weighted by atomic mass is 16.5. The number of nitrogens with zero attached hydrogens (tertiary/aromatic N) is 1. The molecule has 4 heteroatoms. The van der Waals surface area contributed by atoms with Crippen molar-refractivity contribution in [3.63, 3.8) is 0 Å². The monoisotopic (exact) mass is 291 g/mol. The third-order valence-corrected chi connectivity index (χ3v) is 3.99. The van der Waals surface area contributed by atoms with Crippen LogP contribution in [0.2, 0.25) is 0 Å². The van der Waals surface area contributed by atoms with E-state index in [1.807, 2.05) is 19.9 Å². The highest BCUT2D eigenvalue weighted by molar-refractivity contribution is 5.67. The van der Waals surface area contributed by atoms with Crippen LogP contribution in [-0.4, -0.2) is 37.3 Å². The number of methoxy groups -OCH3 is 1. The van der Waals surface area contributed by atoms with Crippen LogP contribution >= 0.6 is 0 Å². The Morgan fingerprint density at radius 3 is 2.52 bits per heavy atom. The first-order valence-electron chi connectivity index (χ1n) is 7.61. The highest BCUT2D eigenvalue weighted by Gasteiger charge is 2.25. The maximum absolute atomic E-state index is 11.5. The number of amides is 1. The molecular formula is C17H25NO3. The average molecular weight is 291 g/mol. The molecule has 1 fully saturated rings. The maximum Gasteiger partial charge on any atom is 0.409 e. The zero-order valence-corrected chi connectivity index (χ0v) is 13.4. The summed E-state index contributed by atoms with van der Waals surface area (Å²) in [7, 11) is 1.44. The van der Waals surface area contributed by atoms with Gasteiger partial charge in [0, 0.05) is 13.1 Å². The first-order chi connectivity index (χ1) is 10.0. The van der Waals surface area contributed by atoms with Gasteiger partial charge in [0.15, 0.2) is 0 Å². The molecular weight excluding hydrogens is 266 g/mol. The molecule has 0 spiro atoms. The lowest BCUT2D eigenvalue weighted by Gasteiger charge is -2.32. The molecule has 0 saturated carbocycles. The minimum absolute atomic E-state index is 0.182. The summed E-state index contributed by atoms with van der Waals surface area (Å²) in [6, 6.07) is 6.32. The molecule has 0 unspecified atom stereocenters. The molecule has 1 amide bonds. The molecule has 2 rings (SSSR count). The third kappa shape index (κ3) is 3.90. The molecule has 1 aromatic rings. The molecule has 1 aliphatic rings. The average Bonchev–Trinajstić information content (AvgIpc) is 2.48. The summed E-state index contributed by atoms with van der Waals surface area (Å²) >= 11 is 0. The number of carbonyl (C=O) groups is 1. The van der Waals surface area contributed by atoms with Gasteiger partial charge < -0.3 is 14.4 Å². The Morgan fingerprint density at radius 2 is 1.95 bits per heavy atom. The molecule has 21 heavy (non-hydrogen) atoms. The lowest BCUT2D eigenvalue weighted by molar-refractivity contribution is 0.112. The fourth-order valence-electron chi connectivity index (χ4n) is 2.91. The smallest absolute Gasteiger partial charge is 0.409 e. The van der Waals surface area contributed by atoms with Crippen molar-refractivity contribution in [2.45, 2.75) is 45.6 Å². The normalized spacial score (nSPS) is 16.1. The van der Waals surface area contributed by atoms with Gasteiger partial charge in [-0.2, -0.15) is 0 Å². The van der Waals surface area contributed by atoms with E-state index in [4.69, 9.17) is 9.47 Å². The summed E-state index contributed by atoms with van der Waals surface area (Å²) in [5, 5.41) is 0. The Morgan fingerprint density at radius 1 is 1.29 bits per heavy atom. The van der Waals surface area contributed by atoms with Gasteiger partial charge in [-0.15, -0.1) is 0 Å². The number of hydrogen-bond acceptors (Lipinski definition) is 3. The molecule has 1 heterocycles. The van der Waals surface area contributed by atoms with E-state index in [-0.39, 0.29) is 12.2 Å². The van der Waals surface area contributed by atoms with E-state index < -0.39 is 0 Å². The molecule has 0 aromatic heterocycles. The van der Waals surface area contributed by atoms with Crippen LogP contribution in [0.3, 0.4) is 0 Å². The van der Waals surface area contributed by atoms with E-state index in [0.29, 0.717) is 5.92 Å². The van der Waals surface area contributed by atoms with Gasteiger partial charge in [0.25, 0.3) is 0 Å². The SMILES string of the molecule is COC(=O)N1CCC(c2cc(OC(C)C)ccc2C)CC1. The summed E-state index contributed by atoms with van der Waals surface area (Å²) in [5.41, 5.74) is 2.64. The largest absolute Gasteiger partial charge is 0.491 e. The number of aryl methyl sites for hydroxylation is 1. The van der Waals surface area contributed by atoms with Crippen LogP contribution in [0.15, 0.2) is 18.2 Å². The second-order valence-corrected chi connectivity index (χ2v) is 5.92. The van der Waals surface area contributed by atoms with Crippen molar-refractivity contribution < 1.29 is 14.3 Å². The van der Waals surface area contributed by atoms with Gasteiger partial charge in [0.05, 0.1) is 13.2 Å². The molecule has 0 bridgehead atoms. The first-order valence-corrected chi connectivity index (χ1v) is 7.61. The van der Waals surface area contributed by atoms with Crippen molar-refractivity contribution in [1.82, 2.24) is 4.90 Å². The number of benzene rings is 1. The number of hydrogen-bond donors (Lipinski definition) is 0. The Kier molecular flexibility index (Phi) is 5.10. The number of carbonyl (C=O) groups excluding carboxylic acids is 1. The summed E-state index contributed by atoms with van der Waals surface area (Å²) in [6.07, 6.45) is 1.91. The summed E-state index contributed by atoms with van der Waals surface area (Å²) in [6.45, 7) is 7.72. The Labute approximate surface area is 127 Å². The van der Waals surface area contributed by atoms with Crippen LogP contribution in [0, 0.1) is 6.92 Å². The van der Waals surface area contributed by atoms with Crippen LogP contribution in [0.25, 0.3) is 0 Å². The Bertz CT molecular complexity index is 491. The molecule has 0 aliphatic carbocycles. The van der Waals surface area contributed by atoms with Gasteiger partial charge in [0.1, 0.15) is 5.75 Å². The zero-order valence-electron chi connectivity index (χ0n) is 13.4. The van der Waals surface area contributed by atoms with E-state index in [1.165, 1.54) is 18.2 Å². The number of rotatable bonds is 3. The topological polar surface area (TPSA) is 38.8 Å².